The van der Waals surface area contributed by atoms with E-state index in [9.17, 15) is 4.79 Å². The number of ether oxygens (including phenoxy) is 2. The smallest absolute Gasteiger partial charge is 0.250 e. The molecule has 0 atom stereocenters. The molecule has 0 aliphatic heterocycles. The number of amides is 1. The maximum absolute atomic E-state index is 12.3. The van der Waals surface area contributed by atoms with Crippen molar-refractivity contribution in [2.45, 2.75) is 32.8 Å². The number of carbonyl (C=O) groups excluding carboxylic acids is 1. The zero-order chi connectivity index (χ0) is 21.3. The first kappa shape index (κ1) is 21.6. The summed E-state index contributed by atoms with van der Waals surface area (Å²) in [5.41, 5.74) is 2.69. The summed E-state index contributed by atoms with van der Waals surface area (Å²) in [5.74, 6) is 1.38. The van der Waals surface area contributed by atoms with Gasteiger partial charge in [-0.05, 0) is 60.9 Å². The van der Waals surface area contributed by atoms with Crippen LogP contribution in [0.4, 0.5) is 5.13 Å². The lowest BCUT2D eigenvalue weighted by Gasteiger charge is -2.15. The Kier molecular flexibility index (Phi) is 7.63. The highest BCUT2D eigenvalue weighted by molar-refractivity contribution is 7.14. The van der Waals surface area contributed by atoms with Crippen LogP contribution in [0.15, 0.2) is 60.0 Å². The molecule has 0 bridgehead atoms. The van der Waals surface area contributed by atoms with E-state index in [4.69, 9.17) is 9.47 Å². The predicted octanol–water partition coefficient (Wildman–Crippen LogP) is 6.04. The Hall–Kier alpha value is -3.12. The molecule has 30 heavy (non-hydrogen) atoms. The summed E-state index contributed by atoms with van der Waals surface area (Å²) < 4.78 is 11.1. The van der Waals surface area contributed by atoms with Gasteiger partial charge in [-0.1, -0.05) is 26.0 Å². The molecule has 1 N–H and O–H groups in total. The highest BCUT2D eigenvalue weighted by Gasteiger charge is 2.08. The molecule has 6 heteroatoms. The Morgan fingerprint density at radius 1 is 1.13 bits per heavy atom. The van der Waals surface area contributed by atoms with Crippen LogP contribution in [0.5, 0.6) is 11.5 Å². The van der Waals surface area contributed by atoms with Crippen LogP contribution in [-0.4, -0.2) is 24.1 Å². The Bertz CT molecular complexity index is 992. The predicted molar refractivity (Wildman–Crippen MR) is 123 cm³/mol. The van der Waals surface area contributed by atoms with E-state index in [2.05, 4.69) is 24.1 Å². The third-order valence-corrected chi connectivity index (χ3v) is 5.38. The minimum Gasteiger partial charge on any atom is -0.497 e. The number of nitrogens with zero attached hydrogens (tertiary/aromatic N) is 1. The highest BCUT2D eigenvalue weighted by Crippen LogP contribution is 2.26. The first-order chi connectivity index (χ1) is 14.6. The molecule has 156 valence electrons. The molecule has 1 heterocycles. The van der Waals surface area contributed by atoms with Gasteiger partial charge in [-0.3, -0.25) is 10.1 Å². The zero-order valence-electron chi connectivity index (χ0n) is 17.4. The average molecular weight is 423 g/mol. The molecule has 3 aromatic rings. The Labute approximate surface area is 181 Å². The van der Waals surface area contributed by atoms with Crippen molar-refractivity contribution < 1.29 is 14.3 Å². The number of thiazole rings is 1. The van der Waals surface area contributed by atoms with Crippen LogP contribution in [0.3, 0.4) is 0 Å². The topological polar surface area (TPSA) is 60.5 Å². The zero-order valence-corrected chi connectivity index (χ0v) is 18.2. The third kappa shape index (κ3) is 5.94. The molecule has 0 fully saturated rings. The van der Waals surface area contributed by atoms with Gasteiger partial charge < -0.3 is 9.47 Å². The molecular formula is C24H26N2O3S. The van der Waals surface area contributed by atoms with E-state index in [1.165, 1.54) is 17.4 Å². The molecular weight excluding hydrogens is 396 g/mol. The van der Waals surface area contributed by atoms with Gasteiger partial charge in [-0.2, -0.15) is 0 Å². The summed E-state index contributed by atoms with van der Waals surface area (Å²) in [6, 6.07) is 15.4. The minimum atomic E-state index is -0.225. The first-order valence-electron chi connectivity index (χ1n) is 9.97. The Morgan fingerprint density at radius 3 is 2.60 bits per heavy atom. The quantitative estimate of drug-likeness (QED) is 0.427. The summed E-state index contributed by atoms with van der Waals surface area (Å²) in [6.07, 6.45) is 5.41. The minimum absolute atomic E-state index is 0.206. The van der Waals surface area contributed by atoms with Crippen LogP contribution < -0.4 is 14.8 Å². The number of carbonyl (C=O) groups is 1. The molecule has 3 rings (SSSR count). The standard InChI is InChI=1S/C24H26N2O3S/c1-4-19(5-2)29-21-8-6-7-17(15-21)9-14-23(27)26-24-25-22(16-30-24)18-10-12-20(28-3)13-11-18/h6-16,19H,4-5H2,1-3H3,(H,25,26,27)/b14-9-. The molecule has 0 saturated heterocycles. The van der Waals surface area contributed by atoms with Gasteiger partial charge >= 0.3 is 0 Å². The van der Waals surface area contributed by atoms with Crippen molar-refractivity contribution in [3.05, 3.63) is 65.6 Å². The van der Waals surface area contributed by atoms with Crippen LogP contribution in [-0.2, 0) is 4.79 Å². The summed E-state index contributed by atoms with van der Waals surface area (Å²) in [6.45, 7) is 4.22. The third-order valence-electron chi connectivity index (χ3n) is 4.62. The molecule has 0 aliphatic rings. The number of anilines is 1. The lowest BCUT2D eigenvalue weighted by atomic mass is 10.2. The molecule has 0 radical (unpaired) electrons. The van der Waals surface area contributed by atoms with Crippen LogP contribution >= 0.6 is 11.3 Å². The number of hydrogen-bond donors (Lipinski definition) is 1. The van der Waals surface area contributed by atoms with Crippen molar-refractivity contribution in [2.24, 2.45) is 0 Å². The first-order valence-corrected chi connectivity index (χ1v) is 10.8. The van der Waals surface area contributed by atoms with Gasteiger partial charge in [0, 0.05) is 17.0 Å². The average Bonchev–Trinajstić information content (AvgIpc) is 3.24. The molecule has 5 nitrogen and oxygen atoms in total. The SMILES string of the molecule is CCC(CC)Oc1cccc(/C=C\C(=O)Nc2nc(-c3ccc(OC)cc3)cs2)c1. The second kappa shape index (κ2) is 10.6. The number of hydrogen-bond acceptors (Lipinski definition) is 5. The highest BCUT2D eigenvalue weighted by atomic mass is 32.1. The van der Waals surface area contributed by atoms with Crippen molar-refractivity contribution in [1.29, 1.82) is 0 Å². The van der Waals surface area contributed by atoms with Gasteiger partial charge in [0.2, 0.25) is 5.91 Å². The maximum atomic E-state index is 12.3. The summed E-state index contributed by atoms with van der Waals surface area (Å²) in [4.78, 5) is 16.8. The second-order valence-corrected chi connectivity index (χ2v) is 7.58. The van der Waals surface area contributed by atoms with E-state index in [1.807, 2.05) is 53.9 Å². The molecule has 0 unspecified atom stereocenters. The largest absolute Gasteiger partial charge is 0.497 e. The molecule has 1 aromatic heterocycles. The summed E-state index contributed by atoms with van der Waals surface area (Å²) in [7, 11) is 1.63. The van der Waals surface area contributed by atoms with Crippen LogP contribution in [0.25, 0.3) is 17.3 Å². The second-order valence-electron chi connectivity index (χ2n) is 6.72. The van der Waals surface area contributed by atoms with Crippen molar-refractivity contribution in [3.63, 3.8) is 0 Å². The van der Waals surface area contributed by atoms with Crippen molar-refractivity contribution in [2.75, 3.05) is 12.4 Å². The van der Waals surface area contributed by atoms with E-state index in [0.717, 1.165) is 41.2 Å². The van der Waals surface area contributed by atoms with Crippen LogP contribution in [0, 0.1) is 0 Å². The molecule has 2 aromatic carbocycles. The Balaban J connectivity index is 1.60. The van der Waals surface area contributed by atoms with Crippen molar-refractivity contribution >= 4 is 28.5 Å². The fourth-order valence-electron chi connectivity index (χ4n) is 2.88. The lowest BCUT2D eigenvalue weighted by molar-refractivity contribution is -0.111. The van der Waals surface area contributed by atoms with Crippen LogP contribution in [0.2, 0.25) is 0 Å². The fraction of sp³-hybridized carbons (Fsp3) is 0.250. The van der Waals surface area contributed by atoms with Gasteiger partial charge in [-0.25, -0.2) is 4.98 Å². The molecule has 0 aliphatic carbocycles. The number of nitrogens with one attached hydrogen (secondary N) is 1. The molecule has 1 amide bonds. The van der Waals surface area contributed by atoms with E-state index in [-0.39, 0.29) is 12.0 Å². The maximum Gasteiger partial charge on any atom is 0.250 e. The molecule has 0 saturated carbocycles. The van der Waals surface area contributed by atoms with E-state index in [1.54, 1.807) is 13.2 Å². The van der Waals surface area contributed by atoms with E-state index >= 15 is 0 Å². The molecule has 0 spiro atoms. The van der Waals surface area contributed by atoms with Crippen molar-refractivity contribution in [3.8, 4) is 22.8 Å². The van der Waals surface area contributed by atoms with Gasteiger partial charge in [0.1, 0.15) is 11.5 Å². The number of aromatic nitrogens is 1. The Morgan fingerprint density at radius 2 is 1.90 bits per heavy atom. The number of methoxy groups -OCH3 is 1. The summed E-state index contributed by atoms with van der Waals surface area (Å²) >= 11 is 1.39. The monoisotopic (exact) mass is 422 g/mol. The summed E-state index contributed by atoms with van der Waals surface area (Å²) in [5, 5.41) is 5.29. The van der Waals surface area contributed by atoms with E-state index < -0.39 is 0 Å². The number of benzene rings is 2. The van der Waals surface area contributed by atoms with Gasteiger partial charge in [0.15, 0.2) is 5.13 Å². The van der Waals surface area contributed by atoms with Gasteiger partial charge in [-0.15, -0.1) is 11.3 Å². The fourth-order valence-corrected chi connectivity index (χ4v) is 3.61. The van der Waals surface area contributed by atoms with Crippen molar-refractivity contribution in [1.82, 2.24) is 4.98 Å². The van der Waals surface area contributed by atoms with E-state index in [0.29, 0.717) is 5.13 Å². The van der Waals surface area contributed by atoms with Gasteiger partial charge in [0.25, 0.3) is 0 Å². The number of rotatable bonds is 9. The van der Waals surface area contributed by atoms with Crippen LogP contribution in [0.1, 0.15) is 32.3 Å². The lowest BCUT2D eigenvalue weighted by Crippen LogP contribution is -2.13. The van der Waals surface area contributed by atoms with Gasteiger partial charge in [0.05, 0.1) is 18.9 Å². The normalized spacial score (nSPS) is 11.1.